The van der Waals surface area contributed by atoms with Crippen LogP contribution in [0.25, 0.3) is 0 Å². The van der Waals surface area contributed by atoms with Crippen molar-refractivity contribution in [2.45, 2.75) is 11.8 Å². The fourth-order valence-corrected chi connectivity index (χ4v) is 1.57. The Kier molecular flexibility index (Phi) is 2.49. The molecule has 0 saturated carbocycles. The minimum Gasteiger partial charge on any atom is -0.214 e. The highest BCUT2D eigenvalue weighted by Gasteiger charge is 2.09. The Morgan fingerprint density at radius 2 is 1.67 bits per heavy atom. The van der Waals surface area contributed by atoms with Gasteiger partial charge in [-0.3, -0.25) is 0 Å². The van der Waals surface area contributed by atoms with E-state index in [1.807, 2.05) is 6.92 Å². The number of sulfonamides is 1. The monoisotopic (exact) mass is 186 g/mol. The van der Waals surface area contributed by atoms with Gasteiger partial charge in [0.1, 0.15) is 0 Å². The number of hydrogen-bond donors (Lipinski definition) is 1. The number of rotatable bonds is 2. The van der Waals surface area contributed by atoms with Gasteiger partial charge in [0.15, 0.2) is 0 Å². The van der Waals surface area contributed by atoms with Gasteiger partial charge in [-0.25, -0.2) is 13.1 Å². The van der Waals surface area contributed by atoms with Gasteiger partial charge in [0, 0.05) is 0 Å². The van der Waals surface area contributed by atoms with Gasteiger partial charge in [-0.15, -0.1) is 0 Å². The van der Waals surface area contributed by atoms with Crippen LogP contribution in [0.2, 0.25) is 0 Å². The van der Waals surface area contributed by atoms with Crippen molar-refractivity contribution in [1.82, 2.24) is 4.72 Å². The van der Waals surface area contributed by atoms with E-state index in [1.165, 1.54) is 7.05 Å². The summed E-state index contributed by atoms with van der Waals surface area (Å²) >= 11 is 0. The maximum Gasteiger partial charge on any atom is 0.240 e. The van der Waals surface area contributed by atoms with Crippen LogP contribution in [0.3, 0.4) is 0 Å². The lowest BCUT2D eigenvalue weighted by atomic mass is 10.2. The Bertz CT molecular complexity index is 353. The molecule has 0 aromatic heterocycles. The van der Waals surface area contributed by atoms with E-state index in [4.69, 9.17) is 0 Å². The third-order valence-electron chi connectivity index (χ3n) is 1.60. The van der Waals surface area contributed by atoms with Crippen LogP contribution < -0.4 is 4.72 Å². The molecule has 0 bridgehead atoms. The van der Waals surface area contributed by atoms with Crippen LogP contribution >= 0.6 is 0 Å². The second-order valence-corrected chi connectivity index (χ2v) is 4.41. The van der Waals surface area contributed by atoms with E-state index in [0.29, 0.717) is 4.90 Å². The first-order chi connectivity index (χ1) is 5.56. The van der Waals surface area contributed by atoms with E-state index in [9.17, 15) is 8.42 Å². The predicted octanol–water partition coefficient (Wildman–Crippen LogP) is 0.903. The summed E-state index contributed by atoms with van der Waals surface area (Å²) in [5.41, 5.74) is 1.05. The van der Waals surface area contributed by atoms with E-state index in [2.05, 4.69) is 4.72 Å². The summed E-state index contributed by atoms with van der Waals surface area (Å²) in [6.07, 6.45) is 0. The smallest absolute Gasteiger partial charge is 0.214 e. The lowest BCUT2D eigenvalue weighted by Gasteiger charge is -2.01. The standard InChI is InChI=1S/C8H11NO2S/c1-7-3-5-8(6-4-7)12(10,11)9-2/h3-6,9H,1-2H3/i2+1. The molecule has 1 aromatic carbocycles. The van der Waals surface area contributed by atoms with Crippen molar-refractivity contribution in [2.75, 3.05) is 7.05 Å². The lowest BCUT2D eigenvalue weighted by molar-refractivity contribution is 0.588. The topological polar surface area (TPSA) is 46.2 Å². The van der Waals surface area contributed by atoms with Gasteiger partial charge in [-0.2, -0.15) is 0 Å². The molecule has 0 aliphatic carbocycles. The highest BCUT2D eigenvalue weighted by atomic mass is 32.2. The molecule has 4 heteroatoms. The van der Waals surface area contributed by atoms with Crippen LogP contribution in [0.15, 0.2) is 29.2 Å². The third-order valence-corrected chi connectivity index (χ3v) is 3.03. The SMILES string of the molecule is Cc1ccc(S(=O)(=O)N[13CH3])cc1. The van der Waals surface area contributed by atoms with Gasteiger partial charge in [-0.1, -0.05) is 17.7 Å². The maximum absolute atomic E-state index is 11.2. The normalized spacial score (nSPS) is 11.5. The van der Waals surface area contributed by atoms with Crippen LogP contribution in [-0.2, 0) is 10.0 Å². The molecule has 66 valence electrons. The summed E-state index contributed by atoms with van der Waals surface area (Å²) < 4.78 is 24.7. The quantitative estimate of drug-likeness (QED) is 0.698. The molecule has 0 aliphatic heterocycles. The summed E-state index contributed by atoms with van der Waals surface area (Å²) in [5, 5.41) is 0. The molecule has 0 atom stereocenters. The van der Waals surface area contributed by atoms with Crippen LogP contribution in [0.5, 0.6) is 0 Å². The van der Waals surface area contributed by atoms with Gasteiger partial charge >= 0.3 is 0 Å². The van der Waals surface area contributed by atoms with Gasteiger partial charge in [0.05, 0.1) is 4.90 Å². The first-order valence-electron chi connectivity index (χ1n) is 3.56. The first-order valence-corrected chi connectivity index (χ1v) is 5.05. The number of hydrogen-bond acceptors (Lipinski definition) is 2. The first kappa shape index (κ1) is 9.22. The predicted molar refractivity (Wildman–Crippen MR) is 47.4 cm³/mol. The molecular formula is C8H11NO2S. The number of aryl methyl sites for hydroxylation is 1. The van der Waals surface area contributed by atoms with Crippen molar-refractivity contribution in [2.24, 2.45) is 0 Å². The van der Waals surface area contributed by atoms with Crippen LogP contribution in [0, 0.1) is 6.92 Å². The molecule has 0 aliphatic rings. The average Bonchev–Trinajstić information content (AvgIpc) is 2.05. The van der Waals surface area contributed by atoms with Gasteiger partial charge < -0.3 is 0 Å². The minimum atomic E-state index is -3.26. The minimum absolute atomic E-state index is 0.301. The molecule has 0 amide bonds. The molecule has 0 fully saturated rings. The molecule has 0 heterocycles. The molecule has 1 N–H and O–H groups in total. The van der Waals surface area contributed by atoms with E-state index >= 15 is 0 Å². The fraction of sp³-hybridized carbons (Fsp3) is 0.250. The van der Waals surface area contributed by atoms with E-state index in [0.717, 1.165) is 5.56 Å². The molecule has 0 radical (unpaired) electrons. The second-order valence-electron chi connectivity index (χ2n) is 2.52. The van der Waals surface area contributed by atoms with Gasteiger partial charge in [-0.05, 0) is 26.1 Å². The van der Waals surface area contributed by atoms with Crippen molar-refractivity contribution in [3.8, 4) is 0 Å². The third kappa shape index (κ3) is 1.84. The zero-order valence-corrected chi connectivity index (χ0v) is 7.85. The molecule has 3 nitrogen and oxygen atoms in total. The largest absolute Gasteiger partial charge is 0.240 e. The second kappa shape index (κ2) is 3.25. The van der Waals surface area contributed by atoms with Crippen molar-refractivity contribution in [3.63, 3.8) is 0 Å². The van der Waals surface area contributed by atoms with Crippen molar-refractivity contribution < 1.29 is 8.42 Å². The molecule has 0 spiro atoms. The molecule has 12 heavy (non-hydrogen) atoms. The Balaban J connectivity index is 3.14. The number of nitrogens with one attached hydrogen (secondary N) is 1. The van der Waals surface area contributed by atoms with Crippen molar-refractivity contribution in [1.29, 1.82) is 0 Å². The summed E-state index contributed by atoms with van der Waals surface area (Å²) in [5.74, 6) is 0. The molecule has 1 rings (SSSR count). The van der Waals surface area contributed by atoms with Crippen LogP contribution in [-0.4, -0.2) is 15.5 Å². The van der Waals surface area contributed by atoms with Gasteiger partial charge in [0.25, 0.3) is 0 Å². The fourth-order valence-electron chi connectivity index (χ4n) is 0.835. The Labute approximate surface area is 72.5 Å². The Morgan fingerprint density at radius 3 is 2.08 bits per heavy atom. The molecular weight excluding hydrogens is 175 g/mol. The van der Waals surface area contributed by atoms with E-state index in [1.54, 1.807) is 24.3 Å². The van der Waals surface area contributed by atoms with Gasteiger partial charge in [0.2, 0.25) is 10.0 Å². The molecule has 0 saturated heterocycles. The van der Waals surface area contributed by atoms with Crippen LogP contribution in [0.4, 0.5) is 0 Å². The highest BCUT2D eigenvalue weighted by Crippen LogP contribution is 2.08. The lowest BCUT2D eigenvalue weighted by Crippen LogP contribution is -2.18. The molecule has 0 unspecified atom stereocenters. The zero-order valence-electron chi connectivity index (χ0n) is 7.03. The van der Waals surface area contributed by atoms with Crippen LogP contribution in [0.1, 0.15) is 5.56 Å². The summed E-state index contributed by atoms with van der Waals surface area (Å²) in [4.78, 5) is 0.301. The zero-order chi connectivity index (χ0) is 9.19. The summed E-state index contributed by atoms with van der Waals surface area (Å²) in [6.45, 7) is 1.91. The summed E-state index contributed by atoms with van der Waals surface area (Å²) in [6, 6.07) is 6.71. The average molecular weight is 186 g/mol. The molecule has 1 aromatic rings. The maximum atomic E-state index is 11.2. The van der Waals surface area contributed by atoms with E-state index in [-0.39, 0.29) is 0 Å². The van der Waals surface area contributed by atoms with E-state index < -0.39 is 10.0 Å². The van der Waals surface area contributed by atoms with Crippen molar-refractivity contribution in [3.05, 3.63) is 29.8 Å². The van der Waals surface area contributed by atoms with Crippen molar-refractivity contribution >= 4 is 10.0 Å². The highest BCUT2D eigenvalue weighted by molar-refractivity contribution is 7.89. The Hall–Kier alpha value is -0.870. The Morgan fingerprint density at radius 1 is 1.17 bits per heavy atom. The summed E-state index contributed by atoms with van der Waals surface area (Å²) in [7, 11) is -1.87. The number of benzene rings is 1.